The molecule has 0 saturated heterocycles. The lowest BCUT2D eigenvalue weighted by molar-refractivity contribution is -0.122. The molecule has 1 amide bonds. The number of carbonyl (C=O) groups is 1. The third-order valence-corrected chi connectivity index (χ3v) is 5.35. The van der Waals surface area contributed by atoms with Crippen LogP contribution in [0.5, 0.6) is 0 Å². The van der Waals surface area contributed by atoms with Gasteiger partial charge in [-0.3, -0.25) is 4.79 Å². The van der Waals surface area contributed by atoms with Gasteiger partial charge in [0.25, 0.3) is 0 Å². The first-order valence-electron chi connectivity index (χ1n) is 6.80. The number of carbonyl (C=O) groups excluding carboxylic acids is 1. The summed E-state index contributed by atoms with van der Waals surface area (Å²) in [6, 6.07) is 14.1. The second-order valence-electron chi connectivity index (χ2n) is 5.14. The van der Waals surface area contributed by atoms with Crippen LogP contribution in [0.2, 0.25) is 0 Å². The predicted molar refractivity (Wildman–Crippen MR) is 89.7 cm³/mol. The van der Waals surface area contributed by atoms with E-state index in [-0.39, 0.29) is 11.8 Å². The van der Waals surface area contributed by atoms with E-state index in [4.69, 9.17) is 0 Å². The van der Waals surface area contributed by atoms with Crippen molar-refractivity contribution < 1.29 is 4.79 Å². The van der Waals surface area contributed by atoms with Crippen molar-refractivity contribution in [1.29, 1.82) is 0 Å². The molecule has 1 aliphatic carbocycles. The molecule has 21 heavy (non-hydrogen) atoms. The van der Waals surface area contributed by atoms with Crippen LogP contribution in [0, 0.1) is 5.92 Å². The Morgan fingerprint density at radius 1 is 1.29 bits per heavy atom. The third-order valence-electron chi connectivity index (χ3n) is 3.62. The zero-order valence-electron chi connectivity index (χ0n) is 11.5. The molecule has 1 saturated carbocycles. The highest BCUT2D eigenvalue weighted by Crippen LogP contribution is 2.47. The highest BCUT2D eigenvalue weighted by atomic mass is 79.9. The van der Waals surface area contributed by atoms with Crippen molar-refractivity contribution in [3.63, 3.8) is 0 Å². The SMILES string of the molecule is C/C(=N/NC(=O)[C@@H]1C[C@H]1c1ccccc1)c1ccc(Br)s1. The van der Waals surface area contributed by atoms with Crippen LogP contribution in [0.15, 0.2) is 51.4 Å². The van der Waals surface area contributed by atoms with E-state index in [1.54, 1.807) is 11.3 Å². The monoisotopic (exact) mass is 362 g/mol. The summed E-state index contributed by atoms with van der Waals surface area (Å²) in [6.45, 7) is 1.90. The number of nitrogens with one attached hydrogen (secondary N) is 1. The molecule has 1 fully saturated rings. The number of amides is 1. The molecule has 3 nitrogen and oxygen atoms in total. The van der Waals surface area contributed by atoms with Crippen molar-refractivity contribution in [3.8, 4) is 0 Å². The summed E-state index contributed by atoms with van der Waals surface area (Å²) in [6.07, 6.45) is 0.912. The van der Waals surface area contributed by atoms with Crippen LogP contribution in [0.1, 0.15) is 29.7 Å². The highest BCUT2D eigenvalue weighted by molar-refractivity contribution is 9.11. The van der Waals surface area contributed by atoms with Crippen molar-refractivity contribution in [2.24, 2.45) is 11.0 Å². The van der Waals surface area contributed by atoms with Gasteiger partial charge in [0.2, 0.25) is 5.91 Å². The van der Waals surface area contributed by atoms with Gasteiger partial charge in [-0.15, -0.1) is 11.3 Å². The largest absolute Gasteiger partial charge is 0.273 e. The van der Waals surface area contributed by atoms with Crippen LogP contribution >= 0.6 is 27.3 Å². The Hall–Kier alpha value is -1.46. The maximum atomic E-state index is 12.1. The normalized spacial score (nSPS) is 21.1. The van der Waals surface area contributed by atoms with Crippen molar-refractivity contribution >= 4 is 38.9 Å². The van der Waals surface area contributed by atoms with Gasteiger partial charge in [-0.1, -0.05) is 30.3 Å². The fourth-order valence-electron chi connectivity index (χ4n) is 2.34. The lowest BCUT2D eigenvalue weighted by atomic mass is 10.1. The molecule has 2 aromatic rings. The zero-order chi connectivity index (χ0) is 14.8. The van der Waals surface area contributed by atoms with Gasteiger partial charge in [-0.2, -0.15) is 5.10 Å². The molecular formula is C16H15BrN2OS. The number of rotatable bonds is 4. The van der Waals surface area contributed by atoms with E-state index in [0.29, 0.717) is 5.92 Å². The van der Waals surface area contributed by atoms with E-state index in [9.17, 15) is 4.79 Å². The molecule has 1 aromatic heterocycles. The van der Waals surface area contributed by atoms with Gasteiger partial charge < -0.3 is 0 Å². The molecule has 0 spiro atoms. The standard InChI is InChI=1S/C16H15BrN2OS/c1-10(14-7-8-15(17)21-14)18-19-16(20)13-9-12(13)11-5-3-2-4-6-11/h2-8,12-13H,9H2,1H3,(H,19,20)/b18-10-/t12-,13+/m0/s1. The van der Waals surface area contributed by atoms with Gasteiger partial charge in [0.05, 0.1) is 14.4 Å². The maximum absolute atomic E-state index is 12.1. The summed E-state index contributed by atoms with van der Waals surface area (Å²) in [7, 11) is 0. The molecule has 1 aliphatic rings. The van der Waals surface area contributed by atoms with Crippen LogP contribution in [0.25, 0.3) is 0 Å². The van der Waals surface area contributed by atoms with Gasteiger partial charge in [-0.05, 0) is 52.9 Å². The second kappa shape index (κ2) is 6.12. The van der Waals surface area contributed by atoms with E-state index >= 15 is 0 Å². The average molecular weight is 363 g/mol. The van der Waals surface area contributed by atoms with Crippen molar-refractivity contribution in [1.82, 2.24) is 5.43 Å². The molecule has 2 atom stereocenters. The molecule has 0 bridgehead atoms. The van der Waals surface area contributed by atoms with E-state index in [1.807, 2.05) is 37.3 Å². The number of hydrazone groups is 1. The Balaban J connectivity index is 1.58. The summed E-state index contributed by atoms with van der Waals surface area (Å²) in [5.74, 6) is 0.412. The van der Waals surface area contributed by atoms with Gasteiger partial charge in [0.15, 0.2) is 0 Å². The Morgan fingerprint density at radius 2 is 2.05 bits per heavy atom. The second-order valence-corrected chi connectivity index (χ2v) is 7.60. The summed E-state index contributed by atoms with van der Waals surface area (Å²) in [5.41, 5.74) is 4.76. The van der Waals surface area contributed by atoms with Crippen molar-refractivity contribution in [2.45, 2.75) is 19.3 Å². The molecule has 0 aliphatic heterocycles. The van der Waals surface area contributed by atoms with Crippen LogP contribution in [-0.2, 0) is 4.79 Å². The van der Waals surface area contributed by atoms with Gasteiger partial charge in [-0.25, -0.2) is 5.43 Å². The number of nitrogens with zero attached hydrogens (tertiary/aromatic N) is 1. The first-order chi connectivity index (χ1) is 10.1. The number of hydrogen-bond donors (Lipinski definition) is 1. The molecule has 108 valence electrons. The lowest BCUT2D eigenvalue weighted by Crippen LogP contribution is -2.21. The number of halogens is 1. The average Bonchev–Trinajstić information content (AvgIpc) is 3.20. The van der Waals surface area contributed by atoms with Crippen molar-refractivity contribution in [2.75, 3.05) is 0 Å². The molecule has 1 heterocycles. The fraction of sp³-hybridized carbons (Fsp3) is 0.250. The third kappa shape index (κ3) is 3.41. The van der Waals surface area contributed by atoms with Crippen molar-refractivity contribution in [3.05, 3.63) is 56.7 Å². The summed E-state index contributed by atoms with van der Waals surface area (Å²) in [4.78, 5) is 13.2. The number of benzene rings is 1. The van der Waals surface area contributed by atoms with Crippen LogP contribution < -0.4 is 5.43 Å². The smallest absolute Gasteiger partial charge is 0.243 e. The Bertz CT molecular complexity index is 681. The quantitative estimate of drug-likeness (QED) is 0.643. The minimum Gasteiger partial charge on any atom is -0.273 e. The Labute approximate surface area is 136 Å². The summed E-state index contributed by atoms with van der Waals surface area (Å²) < 4.78 is 1.06. The molecule has 5 heteroatoms. The molecular weight excluding hydrogens is 348 g/mol. The minimum absolute atomic E-state index is 0.0128. The molecule has 0 radical (unpaired) electrons. The summed E-state index contributed by atoms with van der Waals surface area (Å²) >= 11 is 5.03. The minimum atomic E-state index is 0.0128. The lowest BCUT2D eigenvalue weighted by Gasteiger charge is -2.01. The van der Waals surface area contributed by atoms with E-state index in [1.165, 1.54) is 5.56 Å². The first-order valence-corrected chi connectivity index (χ1v) is 8.41. The van der Waals surface area contributed by atoms with E-state index in [2.05, 4.69) is 38.6 Å². The number of hydrogen-bond acceptors (Lipinski definition) is 3. The molecule has 3 rings (SSSR count). The van der Waals surface area contributed by atoms with Gasteiger partial charge in [0, 0.05) is 5.92 Å². The maximum Gasteiger partial charge on any atom is 0.243 e. The molecule has 1 N–H and O–H groups in total. The van der Waals surface area contributed by atoms with Gasteiger partial charge in [0.1, 0.15) is 0 Å². The Morgan fingerprint density at radius 3 is 2.71 bits per heavy atom. The molecule has 0 unspecified atom stereocenters. The summed E-state index contributed by atoms with van der Waals surface area (Å²) in [5, 5.41) is 4.20. The van der Waals surface area contributed by atoms with Crippen LogP contribution in [0.3, 0.4) is 0 Å². The van der Waals surface area contributed by atoms with Crippen LogP contribution in [0.4, 0.5) is 0 Å². The van der Waals surface area contributed by atoms with Gasteiger partial charge >= 0.3 is 0 Å². The Kier molecular flexibility index (Phi) is 4.22. The van der Waals surface area contributed by atoms with E-state index in [0.717, 1.165) is 20.8 Å². The van der Waals surface area contributed by atoms with E-state index < -0.39 is 0 Å². The molecule has 1 aromatic carbocycles. The first kappa shape index (κ1) is 14.5. The topological polar surface area (TPSA) is 41.5 Å². The number of thiophene rings is 1. The van der Waals surface area contributed by atoms with Crippen LogP contribution in [-0.4, -0.2) is 11.6 Å². The highest BCUT2D eigenvalue weighted by Gasteiger charge is 2.43. The predicted octanol–water partition coefficient (Wildman–Crippen LogP) is 4.15. The fourth-order valence-corrected chi connectivity index (χ4v) is 3.67. The zero-order valence-corrected chi connectivity index (χ0v) is 13.9.